The van der Waals surface area contributed by atoms with Crippen molar-refractivity contribution in [3.8, 4) is 0 Å². The number of amides is 6. The Bertz CT molecular complexity index is 3800. The van der Waals surface area contributed by atoms with E-state index in [9.17, 15) is 38.4 Å². The van der Waals surface area contributed by atoms with Gasteiger partial charge in [-0.1, -0.05) is 103 Å². The Morgan fingerprint density at radius 3 is 0.881 bits per heavy atom. The summed E-state index contributed by atoms with van der Waals surface area (Å²) in [7, 11) is 16.4. The third kappa shape index (κ3) is 13.7. The van der Waals surface area contributed by atoms with Gasteiger partial charge < -0.3 is 29.4 Å². The lowest BCUT2D eigenvalue weighted by Gasteiger charge is -2.46. The smallest absolute Gasteiger partial charge is 0.222 e. The van der Waals surface area contributed by atoms with E-state index in [2.05, 4.69) is 38.6 Å². The maximum absolute atomic E-state index is 12.1. The van der Waals surface area contributed by atoms with Crippen molar-refractivity contribution in [2.75, 3.05) is 69.5 Å². The van der Waals surface area contributed by atoms with Crippen LogP contribution in [-0.4, -0.2) is 204 Å². The highest BCUT2D eigenvalue weighted by Crippen LogP contribution is 2.69. The van der Waals surface area contributed by atoms with Crippen LogP contribution in [0.3, 0.4) is 0 Å². The van der Waals surface area contributed by atoms with E-state index in [1.807, 2.05) is 57.0 Å². The first-order valence-electron chi connectivity index (χ1n) is 51.1. The predicted octanol–water partition coefficient (Wildman–Crippen LogP) is 15.9. The molecule has 118 heavy (non-hydrogen) atoms. The maximum Gasteiger partial charge on any atom is 0.222 e. The third-order valence-electron chi connectivity index (χ3n) is 43.5. The Labute approximate surface area is 710 Å². The molecule has 0 spiro atoms. The Kier molecular flexibility index (Phi) is 22.1. The van der Waals surface area contributed by atoms with E-state index < -0.39 is 0 Å². The molecule has 8 bridgehead atoms. The minimum atomic E-state index is 0.385. The first-order chi connectivity index (χ1) is 57.1. The van der Waals surface area contributed by atoms with Gasteiger partial charge in [0.2, 0.25) is 35.4 Å². The van der Waals surface area contributed by atoms with Crippen LogP contribution >= 0.6 is 0 Å². The number of likely N-dealkylation sites (N-methyl/N-ethyl adjacent to an activating group) is 2. The zero-order valence-corrected chi connectivity index (χ0v) is 74.5. The van der Waals surface area contributed by atoms with E-state index in [0.717, 1.165) is 211 Å². The number of carbonyl (C=O) groups is 8. The molecule has 28 rings (SSSR count). The zero-order chi connectivity index (χ0) is 80.9. The van der Waals surface area contributed by atoms with Crippen LogP contribution in [-0.2, 0) is 38.4 Å². The topological polar surface area (TPSA) is 162 Å². The van der Waals surface area contributed by atoms with E-state index >= 15 is 0 Å². The molecule has 16 nitrogen and oxygen atoms in total. The molecular formula is C102H156N8O8. The van der Waals surface area contributed by atoms with Crippen LogP contribution < -0.4 is 0 Å². The van der Waals surface area contributed by atoms with Crippen LogP contribution in [0.1, 0.15) is 283 Å². The number of Topliss-reactive ketones (excluding diaryl/α,β-unsaturated/α-hetero) is 2. The molecule has 8 aliphatic heterocycles. The number of hydrogen-bond donors (Lipinski definition) is 0. The summed E-state index contributed by atoms with van der Waals surface area (Å²) in [5.41, 5.74) is 0. The van der Waals surface area contributed by atoms with Gasteiger partial charge in [-0.25, -0.2) is 0 Å². The van der Waals surface area contributed by atoms with Crippen molar-refractivity contribution < 1.29 is 38.4 Å². The number of fused-ring (bicyclic) bond motifs is 40. The van der Waals surface area contributed by atoms with Crippen molar-refractivity contribution in [3.05, 3.63) is 0 Å². The van der Waals surface area contributed by atoms with Gasteiger partial charge in [0.25, 0.3) is 0 Å². The molecule has 20 saturated carbocycles. The number of ketones is 2. The molecule has 0 aromatic heterocycles. The fraction of sp³-hybridized carbons (Fsp3) is 0.922. The molecule has 16 heteroatoms. The molecule has 652 valence electrons. The van der Waals surface area contributed by atoms with Crippen molar-refractivity contribution in [2.24, 2.45) is 189 Å². The lowest BCUT2D eigenvalue weighted by molar-refractivity contribution is -0.129. The summed E-state index contributed by atoms with van der Waals surface area (Å²) >= 11 is 0. The molecule has 28 aliphatic rings. The molecule has 28 fully saturated rings. The Morgan fingerprint density at radius 2 is 0.475 bits per heavy atom. The first-order valence-corrected chi connectivity index (χ1v) is 51.1. The Balaban J connectivity index is 0.0000000839. The molecule has 0 aromatic rings. The van der Waals surface area contributed by atoms with Crippen molar-refractivity contribution in [3.63, 3.8) is 0 Å². The third-order valence-corrected chi connectivity index (χ3v) is 43.5. The largest absolute Gasteiger partial charge is 0.342 e. The second kappa shape index (κ2) is 32.2. The van der Waals surface area contributed by atoms with Gasteiger partial charge in [0.1, 0.15) is 0 Å². The minimum absolute atomic E-state index is 0.385. The fourth-order valence-corrected chi connectivity index (χ4v) is 38.1. The molecular weight excluding hydrogens is 1470 g/mol. The standard InChI is InChI=1S/2C14H21NO.C13H19NO.2C13H21NO.C12H17NO.C12H19NO.C11H17NO/c1-15-7-12(16)13-10-6-11(14(13)15)9-5-3-2-4-8(9)10;1-15-13(16)7-12-10-6-11(14(12)15)9-5-3-2-4-8(9)10;1-14-12(15)6-11-9-5-10(13(11)14)8-4-2-3-7(8)9;1-14-8-13(15)11-6-9-4-2-3-5-10(9)7-12(11)14;1-14-12-7-10-5-3-2-4-9(10)6-11(12)8-13(14)15;1-13-11(14)5-10-8-4-9(12(10)13)7-3-2-6(7)8;1-13-11-6-9-4-2-3-8(9)5-10(11)7-12(13)14;1-12-10-5-8-3-2-7(8)4-9(10)6-11(12)13/h8-11,13-14H,2-7H2,1H3;8-12,14H,2-7H2,1H3;7-11,13H,2-6H2,1H3;2*9-12H,2-8H2,1H3;6-10,12H,2-5H2,1H3;8-11H,2-7H2,1H3;7-10H,2-6H2,1H3. The van der Waals surface area contributed by atoms with E-state index in [4.69, 9.17) is 0 Å². The average molecular weight is 1620 g/mol. The second-order valence-electron chi connectivity index (χ2n) is 47.3. The number of likely N-dealkylation sites (tertiary alicyclic amines) is 8. The SMILES string of the molecule is CN1C(=O)CC2C3CC(C4CCC34)C21.CN1C(=O)CC2C3CC(C4CCCC34)C21.CN1C(=O)CC2C3CC(C4CCCCC34)C21.CN1C(=O)CC2CC3CCC3CC21.CN1C(=O)CC2CC3CCCC3CC21.CN1C(=O)CC2CC3CCCCC3CC21.CN1CC(=O)C2C3CC(C4CCCCC43)C21.CN1CC(=O)C2CC3CCCCC3CC21. The highest BCUT2D eigenvalue weighted by Gasteiger charge is 2.68. The molecule has 40 atom stereocenters. The number of hydrogen-bond acceptors (Lipinski definition) is 10. The van der Waals surface area contributed by atoms with Crippen LogP contribution in [0.5, 0.6) is 0 Å². The molecule has 8 saturated heterocycles. The van der Waals surface area contributed by atoms with Crippen LogP contribution in [0.25, 0.3) is 0 Å². The van der Waals surface area contributed by atoms with Crippen molar-refractivity contribution in [1.82, 2.24) is 39.2 Å². The number of rotatable bonds is 0. The highest BCUT2D eigenvalue weighted by atomic mass is 16.2. The average Bonchev–Trinajstić information content (AvgIpc) is 1.56. The first kappa shape index (κ1) is 81.1. The summed E-state index contributed by atoms with van der Waals surface area (Å²) < 4.78 is 0. The van der Waals surface area contributed by atoms with Crippen LogP contribution in [0.2, 0.25) is 0 Å². The van der Waals surface area contributed by atoms with Crippen molar-refractivity contribution in [2.45, 2.75) is 331 Å². The lowest BCUT2D eigenvalue weighted by Crippen LogP contribution is -2.46. The van der Waals surface area contributed by atoms with E-state index in [0.29, 0.717) is 125 Å². The molecule has 0 aromatic carbocycles. The predicted molar refractivity (Wildman–Crippen MR) is 457 cm³/mol. The highest BCUT2D eigenvalue weighted by molar-refractivity contribution is 5.87. The van der Waals surface area contributed by atoms with Gasteiger partial charge in [-0.3, -0.25) is 48.2 Å². The van der Waals surface area contributed by atoms with Crippen LogP contribution in [0.4, 0.5) is 0 Å². The number of carbonyl (C=O) groups excluding carboxylic acids is 8. The summed E-state index contributed by atoms with van der Waals surface area (Å²) in [6.45, 7) is 1.45. The minimum Gasteiger partial charge on any atom is -0.342 e. The number of nitrogens with zero attached hydrogens (tertiary/aromatic N) is 8. The molecule has 20 aliphatic carbocycles. The summed E-state index contributed by atoms with van der Waals surface area (Å²) in [5, 5.41) is 0. The Hall–Kier alpha value is -3.92. The van der Waals surface area contributed by atoms with Crippen molar-refractivity contribution in [1.29, 1.82) is 0 Å². The molecule has 40 unspecified atom stereocenters. The molecule has 0 radical (unpaired) electrons. The summed E-state index contributed by atoms with van der Waals surface area (Å²) in [5.74, 6) is 31.2. The summed E-state index contributed by atoms with van der Waals surface area (Å²) in [6.07, 6.45) is 58.7. The summed E-state index contributed by atoms with van der Waals surface area (Å²) in [6, 6.07) is 4.95. The van der Waals surface area contributed by atoms with Crippen LogP contribution in [0.15, 0.2) is 0 Å². The fourth-order valence-electron chi connectivity index (χ4n) is 38.1. The van der Waals surface area contributed by atoms with Gasteiger partial charge in [-0.05, 0) is 333 Å². The second-order valence-corrected chi connectivity index (χ2v) is 47.3. The van der Waals surface area contributed by atoms with Gasteiger partial charge in [-0.2, -0.15) is 0 Å². The van der Waals surface area contributed by atoms with Gasteiger partial charge in [0, 0.05) is 141 Å². The van der Waals surface area contributed by atoms with E-state index in [1.165, 1.54) is 244 Å². The van der Waals surface area contributed by atoms with Gasteiger partial charge in [0.05, 0.1) is 13.1 Å². The molecule has 0 N–H and O–H groups in total. The molecule has 6 amide bonds. The van der Waals surface area contributed by atoms with E-state index in [-0.39, 0.29) is 0 Å². The van der Waals surface area contributed by atoms with Gasteiger partial charge in [0.15, 0.2) is 11.6 Å². The van der Waals surface area contributed by atoms with E-state index in [1.54, 1.807) is 0 Å². The van der Waals surface area contributed by atoms with Crippen molar-refractivity contribution >= 4 is 47.0 Å². The monoisotopic (exact) mass is 1620 g/mol. The quantitative estimate of drug-likeness (QED) is 0.228. The maximum atomic E-state index is 12.1. The van der Waals surface area contributed by atoms with Gasteiger partial charge in [-0.15, -0.1) is 0 Å². The normalized spacial score (nSPS) is 51.5. The Morgan fingerprint density at radius 1 is 0.195 bits per heavy atom. The zero-order valence-electron chi connectivity index (χ0n) is 74.5. The van der Waals surface area contributed by atoms with Crippen LogP contribution in [0, 0.1) is 189 Å². The lowest BCUT2D eigenvalue weighted by atomic mass is 9.61. The summed E-state index contributed by atoms with van der Waals surface area (Å²) in [4.78, 5) is 111. The van der Waals surface area contributed by atoms with Gasteiger partial charge >= 0.3 is 0 Å². The molecule has 8 heterocycles.